The second kappa shape index (κ2) is 5.14. The molecule has 0 radical (unpaired) electrons. The van der Waals surface area contributed by atoms with Crippen molar-refractivity contribution in [2.24, 2.45) is 11.7 Å². The fourth-order valence-electron chi connectivity index (χ4n) is 1.94. The SMILES string of the molecule is CC(C)CCN1CCc2nc(CN)sc2C1=O. The minimum atomic E-state index is 0.143. The highest BCUT2D eigenvalue weighted by Gasteiger charge is 2.27. The third kappa shape index (κ3) is 2.66. The van der Waals surface area contributed by atoms with Gasteiger partial charge in [0.2, 0.25) is 0 Å². The van der Waals surface area contributed by atoms with Gasteiger partial charge in [-0.25, -0.2) is 4.98 Å². The number of aromatic nitrogens is 1. The molecule has 1 aliphatic rings. The quantitative estimate of drug-likeness (QED) is 0.887. The lowest BCUT2D eigenvalue weighted by atomic mass is 10.1. The molecule has 17 heavy (non-hydrogen) atoms. The summed E-state index contributed by atoms with van der Waals surface area (Å²) in [5, 5.41) is 0.869. The lowest BCUT2D eigenvalue weighted by Crippen LogP contribution is -2.37. The molecule has 4 nitrogen and oxygen atoms in total. The number of amides is 1. The number of carbonyl (C=O) groups is 1. The van der Waals surface area contributed by atoms with E-state index in [1.807, 2.05) is 4.90 Å². The van der Waals surface area contributed by atoms with E-state index in [2.05, 4.69) is 18.8 Å². The van der Waals surface area contributed by atoms with E-state index in [1.54, 1.807) is 0 Å². The van der Waals surface area contributed by atoms with E-state index in [4.69, 9.17) is 5.73 Å². The van der Waals surface area contributed by atoms with Crippen LogP contribution in [0.25, 0.3) is 0 Å². The standard InChI is InChI=1S/C12H19N3OS/c1-8(2)3-5-15-6-4-9-11(12(15)16)17-10(7-13)14-9/h8H,3-7,13H2,1-2H3. The minimum Gasteiger partial charge on any atom is -0.337 e. The summed E-state index contributed by atoms with van der Waals surface area (Å²) >= 11 is 1.45. The number of hydrogen-bond acceptors (Lipinski definition) is 4. The van der Waals surface area contributed by atoms with E-state index in [0.717, 1.165) is 41.5 Å². The number of thiazole rings is 1. The number of nitrogens with zero attached hydrogens (tertiary/aromatic N) is 2. The molecule has 2 rings (SSSR count). The van der Waals surface area contributed by atoms with Crippen LogP contribution in [-0.2, 0) is 13.0 Å². The van der Waals surface area contributed by atoms with Crippen LogP contribution in [0.2, 0.25) is 0 Å². The molecule has 0 fully saturated rings. The predicted molar refractivity (Wildman–Crippen MR) is 69.1 cm³/mol. The number of hydrogen-bond donors (Lipinski definition) is 1. The maximum absolute atomic E-state index is 12.2. The first-order valence-corrected chi connectivity index (χ1v) is 6.91. The Morgan fingerprint density at radius 3 is 2.94 bits per heavy atom. The number of rotatable bonds is 4. The molecule has 2 N–H and O–H groups in total. The first-order valence-electron chi connectivity index (χ1n) is 6.09. The summed E-state index contributed by atoms with van der Waals surface area (Å²) in [6, 6.07) is 0. The zero-order valence-electron chi connectivity index (χ0n) is 10.4. The highest BCUT2D eigenvalue weighted by molar-refractivity contribution is 7.13. The van der Waals surface area contributed by atoms with Crippen LogP contribution < -0.4 is 5.73 Å². The maximum atomic E-state index is 12.2. The minimum absolute atomic E-state index is 0.143. The summed E-state index contributed by atoms with van der Waals surface area (Å²) in [4.78, 5) is 19.4. The summed E-state index contributed by atoms with van der Waals surface area (Å²) in [5.41, 5.74) is 6.51. The van der Waals surface area contributed by atoms with Crippen LogP contribution in [0, 0.1) is 5.92 Å². The van der Waals surface area contributed by atoms with Gasteiger partial charge in [-0.15, -0.1) is 11.3 Å². The lowest BCUT2D eigenvalue weighted by molar-refractivity contribution is 0.0737. The van der Waals surface area contributed by atoms with Gasteiger partial charge in [0, 0.05) is 26.1 Å². The Morgan fingerprint density at radius 2 is 2.29 bits per heavy atom. The van der Waals surface area contributed by atoms with Gasteiger partial charge >= 0.3 is 0 Å². The van der Waals surface area contributed by atoms with Crippen molar-refractivity contribution in [2.45, 2.75) is 33.2 Å². The smallest absolute Gasteiger partial charge is 0.265 e. The third-order valence-corrected chi connectivity index (χ3v) is 4.10. The van der Waals surface area contributed by atoms with Crippen molar-refractivity contribution in [3.8, 4) is 0 Å². The average Bonchev–Trinajstić information content (AvgIpc) is 2.72. The highest BCUT2D eigenvalue weighted by Crippen LogP contribution is 2.25. The molecule has 0 unspecified atom stereocenters. The molecular formula is C12H19N3OS. The fourth-order valence-corrected chi connectivity index (χ4v) is 2.89. The van der Waals surface area contributed by atoms with E-state index in [9.17, 15) is 4.79 Å². The summed E-state index contributed by atoms with van der Waals surface area (Å²) < 4.78 is 0. The van der Waals surface area contributed by atoms with Gasteiger partial charge in [-0.1, -0.05) is 13.8 Å². The van der Waals surface area contributed by atoms with Crippen molar-refractivity contribution < 1.29 is 4.79 Å². The van der Waals surface area contributed by atoms with Crippen LogP contribution in [-0.4, -0.2) is 28.9 Å². The summed E-state index contributed by atoms with van der Waals surface area (Å²) in [6.07, 6.45) is 1.93. The van der Waals surface area contributed by atoms with Crippen LogP contribution >= 0.6 is 11.3 Å². The van der Waals surface area contributed by atoms with Gasteiger partial charge in [0.15, 0.2) is 0 Å². The molecular weight excluding hydrogens is 234 g/mol. The van der Waals surface area contributed by atoms with Crippen LogP contribution in [0.3, 0.4) is 0 Å². The zero-order chi connectivity index (χ0) is 12.4. The van der Waals surface area contributed by atoms with Crippen LogP contribution in [0.4, 0.5) is 0 Å². The van der Waals surface area contributed by atoms with Gasteiger partial charge in [0.1, 0.15) is 9.88 Å². The van der Waals surface area contributed by atoms with Crippen molar-refractivity contribution in [1.29, 1.82) is 0 Å². The van der Waals surface area contributed by atoms with Crippen molar-refractivity contribution in [1.82, 2.24) is 9.88 Å². The summed E-state index contributed by atoms with van der Waals surface area (Å²) in [5.74, 6) is 0.773. The van der Waals surface area contributed by atoms with E-state index in [0.29, 0.717) is 12.5 Å². The monoisotopic (exact) mass is 253 g/mol. The summed E-state index contributed by atoms with van der Waals surface area (Å²) in [7, 11) is 0. The molecule has 1 aromatic heterocycles. The molecule has 1 amide bonds. The van der Waals surface area contributed by atoms with Gasteiger partial charge in [-0.2, -0.15) is 0 Å². The lowest BCUT2D eigenvalue weighted by Gasteiger charge is -2.26. The molecule has 2 heterocycles. The van der Waals surface area contributed by atoms with Crippen molar-refractivity contribution in [2.75, 3.05) is 13.1 Å². The van der Waals surface area contributed by atoms with Crippen LogP contribution in [0.5, 0.6) is 0 Å². The van der Waals surface area contributed by atoms with Gasteiger partial charge in [-0.3, -0.25) is 4.79 Å². The molecule has 0 bridgehead atoms. The predicted octanol–water partition coefficient (Wildman–Crippen LogP) is 1.65. The van der Waals surface area contributed by atoms with Gasteiger partial charge in [0.25, 0.3) is 5.91 Å². The van der Waals surface area contributed by atoms with Crippen molar-refractivity contribution >= 4 is 17.2 Å². The number of carbonyl (C=O) groups excluding carboxylic acids is 1. The number of fused-ring (bicyclic) bond motifs is 1. The first kappa shape index (κ1) is 12.5. The van der Waals surface area contributed by atoms with Crippen molar-refractivity contribution in [3.63, 3.8) is 0 Å². The largest absolute Gasteiger partial charge is 0.337 e. The van der Waals surface area contributed by atoms with Gasteiger partial charge in [0.05, 0.1) is 5.69 Å². The molecule has 0 saturated carbocycles. The molecule has 1 aliphatic heterocycles. The molecule has 0 spiro atoms. The molecule has 0 saturated heterocycles. The van der Waals surface area contributed by atoms with Gasteiger partial charge < -0.3 is 10.6 Å². The Hall–Kier alpha value is -0.940. The Kier molecular flexibility index (Phi) is 3.79. The Balaban J connectivity index is 2.09. The van der Waals surface area contributed by atoms with E-state index < -0.39 is 0 Å². The Bertz CT molecular complexity index is 414. The third-order valence-electron chi connectivity index (χ3n) is 2.99. The second-order valence-electron chi connectivity index (χ2n) is 4.81. The maximum Gasteiger partial charge on any atom is 0.265 e. The van der Waals surface area contributed by atoms with E-state index in [1.165, 1.54) is 11.3 Å². The molecule has 5 heteroatoms. The fraction of sp³-hybridized carbons (Fsp3) is 0.667. The molecule has 0 atom stereocenters. The topological polar surface area (TPSA) is 59.2 Å². The first-order chi connectivity index (χ1) is 8.11. The molecule has 94 valence electrons. The molecule has 0 aliphatic carbocycles. The van der Waals surface area contributed by atoms with Crippen LogP contribution in [0.15, 0.2) is 0 Å². The Labute approximate surface area is 106 Å². The zero-order valence-corrected chi connectivity index (χ0v) is 11.2. The molecule has 1 aromatic rings. The average molecular weight is 253 g/mol. The van der Waals surface area contributed by atoms with E-state index in [-0.39, 0.29) is 5.91 Å². The number of nitrogens with two attached hydrogens (primary N) is 1. The summed E-state index contributed by atoms with van der Waals surface area (Å²) in [6.45, 7) is 6.44. The second-order valence-corrected chi connectivity index (χ2v) is 5.90. The highest BCUT2D eigenvalue weighted by atomic mass is 32.1. The Morgan fingerprint density at radius 1 is 1.53 bits per heavy atom. The van der Waals surface area contributed by atoms with Crippen LogP contribution in [0.1, 0.15) is 40.6 Å². The van der Waals surface area contributed by atoms with E-state index >= 15 is 0 Å². The van der Waals surface area contributed by atoms with Gasteiger partial charge in [-0.05, 0) is 12.3 Å². The van der Waals surface area contributed by atoms with Crippen molar-refractivity contribution in [3.05, 3.63) is 15.6 Å². The normalized spacial score (nSPS) is 15.5. The molecule has 0 aromatic carbocycles.